The Labute approximate surface area is 83.2 Å². The van der Waals surface area contributed by atoms with E-state index in [1.165, 1.54) is 12.3 Å². The summed E-state index contributed by atoms with van der Waals surface area (Å²) in [4.78, 5) is 17.5. The maximum absolute atomic E-state index is 13.5. The number of nitrogens with zero attached hydrogens (tertiary/aromatic N) is 2. The van der Waals surface area contributed by atoms with E-state index in [1.54, 1.807) is 6.07 Å². The van der Waals surface area contributed by atoms with Crippen molar-refractivity contribution in [2.45, 2.75) is 0 Å². The van der Waals surface area contributed by atoms with Gasteiger partial charge in [0.25, 0.3) is 0 Å². The van der Waals surface area contributed by atoms with Crippen LogP contribution in [0.4, 0.5) is 4.39 Å². The fourth-order valence-electron chi connectivity index (χ4n) is 1.10. The molecule has 0 radical (unpaired) electrons. The van der Waals surface area contributed by atoms with Gasteiger partial charge in [-0.1, -0.05) is 0 Å². The lowest BCUT2D eigenvalue weighted by atomic mass is 10.2. The SMILES string of the molecule is O=C(O)c1ncnc(-c2ccco2)c1F. The Balaban J connectivity index is 2.59. The summed E-state index contributed by atoms with van der Waals surface area (Å²) in [6, 6.07) is 3.04. The quantitative estimate of drug-likeness (QED) is 0.810. The Bertz CT molecular complexity index is 496. The highest BCUT2D eigenvalue weighted by atomic mass is 19.1. The summed E-state index contributed by atoms with van der Waals surface area (Å²) in [5, 5.41) is 8.63. The van der Waals surface area contributed by atoms with Crippen molar-refractivity contribution in [2.24, 2.45) is 0 Å². The van der Waals surface area contributed by atoms with E-state index in [9.17, 15) is 9.18 Å². The molecule has 0 saturated carbocycles. The Morgan fingerprint density at radius 2 is 2.27 bits per heavy atom. The van der Waals surface area contributed by atoms with Crippen molar-refractivity contribution in [3.8, 4) is 11.5 Å². The maximum atomic E-state index is 13.5. The fourth-order valence-corrected chi connectivity index (χ4v) is 1.10. The third-order valence-corrected chi connectivity index (χ3v) is 1.75. The predicted molar refractivity (Wildman–Crippen MR) is 46.7 cm³/mol. The van der Waals surface area contributed by atoms with Gasteiger partial charge in [0.2, 0.25) is 0 Å². The number of halogens is 1. The maximum Gasteiger partial charge on any atom is 0.357 e. The topological polar surface area (TPSA) is 76.2 Å². The molecule has 0 amide bonds. The predicted octanol–water partition coefficient (Wildman–Crippen LogP) is 1.57. The molecule has 1 N–H and O–H groups in total. The van der Waals surface area contributed by atoms with Crippen LogP contribution in [0.15, 0.2) is 29.1 Å². The van der Waals surface area contributed by atoms with Gasteiger partial charge in [-0.15, -0.1) is 0 Å². The largest absolute Gasteiger partial charge is 0.476 e. The Hall–Kier alpha value is -2.24. The molecule has 6 heteroatoms. The summed E-state index contributed by atoms with van der Waals surface area (Å²) in [5.41, 5.74) is -0.830. The van der Waals surface area contributed by atoms with Gasteiger partial charge < -0.3 is 9.52 Å². The zero-order valence-electron chi connectivity index (χ0n) is 7.35. The molecule has 15 heavy (non-hydrogen) atoms. The Kier molecular flexibility index (Phi) is 2.17. The average Bonchev–Trinajstić information content (AvgIpc) is 2.70. The first-order valence-electron chi connectivity index (χ1n) is 3.98. The summed E-state index contributed by atoms with van der Waals surface area (Å²) in [7, 11) is 0. The highest BCUT2D eigenvalue weighted by Gasteiger charge is 2.19. The fraction of sp³-hybridized carbons (Fsp3) is 0. The van der Waals surface area contributed by atoms with Crippen molar-refractivity contribution in [2.75, 3.05) is 0 Å². The van der Waals surface area contributed by atoms with Crippen LogP contribution in [0.1, 0.15) is 10.5 Å². The minimum Gasteiger partial charge on any atom is -0.476 e. The van der Waals surface area contributed by atoms with Crippen LogP contribution in [-0.2, 0) is 0 Å². The van der Waals surface area contributed by atoms with Gasteiger partial charge in [0, 0.05) is 0 Å². The number of furan rings is 1. The first-order chi connectivity index (χ1) is 7.20. The molecule has 0 aliphatic rings. The second-order valence-corrected chi connectivity index (χ2v) is 2.67. The van der Waals surface area contributed by atoms with Gasteiger partial charge in [0.05, 0.1) is 6.26 Å². The lowest BCUT2D eigenvalue weighted by Crippen LogP contribution is -2.06. The Morgan fingerprint density at radius 1 is 1.47 bits per heavy atom. The molecule has 2 heterocycles. The molecule has 76 valence electrons. The van der Waals surface area contributed by atoms with Crippen LogP contribution in [0.5, 0.6) is 0 Å². The third kappa shape index (κ3) is 1.56. The molecule has 0 aliphatic heterocycles. The van der Waals surface area contributed by atoms with E-state index in [2.05, 4.69) is 9.97 Å². The number of hydrogen-bond donors (Lipinski definition) is 1. The zero-order chi connectivity index (χ0) is 10.8. The smallest absolute Gasteiger partial charge is 0.357 e. The summed E-state index contributed by atoms with van der Waals surface area (Å²) >= 11 is 0. The number of aromatic nitrogens is 2. The van der Waals surface area contributed by atoms with Crippen LogP contribution in [0.2, 0.25) is 0 Å². The minimum atomic E-state index is -1.44. The number of rotatable bonds is 2. The molecule has 2 aromatic heterocycles. The van der Waals surface area contributed by atoms with E-state index in [4.69, 9.17) is 9.52 Å². The van der Waals surface area contributed by atoms with Crippen molar-refractivity contribution in [1.29, 1.82) is 0 Å². The lowest BCUT2D eigenvalue weighted by molar-refractivity contribution is 0.0684. The zero-order valence-corrected chi connectivity index (χ0v) is 7.35. The number of carboxylic acids is 1. The van der Waals surface area contributed by atoms with Crippen LogP contribution in [-0.4, -0.2) is 21.0 Å². The second-order valence-electron chi connectivity index (χ2n) is 2.67. The third-order valence-electron chi connectivity index (χ3n) is 1.75. The molecule has 0 saturated heterocycles. The van der Waals surface area contributed by atoms with E-state index in [1.807, 2.05) is 0 Å². The van der Waals surface area contributed by atoms with Gasteiger partial charge in [0.1, 0.15) is 12.0 Å². The highest BCUT2D eigenvalue weighted by Crippen LogP contribution is 2.21. The number of carboxylic acid groups (broad SMARTS) is 1. The molecule has 0 unspecified atom stereocenters. The average molecular weight is 208 g/mol. The molecule has 0 aliphatic carbocycles. The van der Waals surface area contributed by atoms with E-state index in [0.717, 1.165) is 6.33 Å². The number of hydrogen-bond acceptors (Lipinski definition) is 4. The van der Waals surface area contributed by atoms with Crippen molar-refractivity contribution in [3.05, 3.63) is 36.2 Å². The van der Waals surface area contributed by atoms with Gasteiger partial charge in [-0.05, 0) is 12.1 Å². The standard InChI is InChI=1S/C9H5FN2O3/c10-6-7(5-2-1-3-15-5)11-4-12-8(6)9(13)14/h1-4H,(H,13,14). The van der Waals surface area contributed by atoms with Crippen LogP contribution in [0.3, 0.4) is 0 Å². The molecule has 0 aromatic carbocycles. The molecular weight excluding hydrogens is 203 g/mol. The van der Waals surface area contributed by atoms with Crippen LogP contribution in [0, 0.1) is 5.82 Å². The molecule has 0 bridgehead atoms. The van der Waals surface area contributed by atoms with Gasteiger partial charge in [-0.3, -0.25) is 0 Å². The molecule has 5 nitrogen and oxygen atoms in total. The molecule has 2 rings (SSSR count). The van der Waals surface area contributed by atoms with Gasteiger partial charge in [-0.25, -0.2) is 19.2 Å². The van der Waals surface area contributed by atoms with Gasteiger partial charge in [-0.2, -0.15) is 0 Å². The molecular formula is C9H5FN2O3. The molecule has 0 fully saturated rings. The highest BCUT2D eigenvalue weighted by molar-refractivity contribution is 5.86. The first-order valence-corrected chi connectivity index (χ1v) is 3.98. The van der Waals surface area contributed by atoms with Gasteiger partial charge >= 0.3 is 5.97 Å². The summed E-state index contributed by atoms with van der Waals surface area (Å²) in [6.45, 7) is 0. The van der Waals surface area contributed by atoms with Crippen LogP contribution < -0.4 is 0 Å². The molecule has 0 atom stereocenters. The van der Waals surface area contributed by atoms with Crippen molar-refractivity contribution in [3.63, 3.8) is 0 Å². The second kappa shape index (κ2) is 3.49. The Morgan fingerprint density at radius 3 is 2.87 bits per heavy atom. The normalized spacial score (nSPS) is 10.2. The molecule has 0 spiro atoms. The van der Waals surface area contributed by atoms with Crippen LogP contribution >= 0.6 is 0 Å². The molecule has 2 aromatic rings. The van der Waals surface area contributed by atoms with Crippen LogP contribution in [0.25, 0.3) is 11.5 Å². The van der Waals surface area contributed by atoms with Crippen molar-refractivity contribution < 1.29 is 18.7 Å². The van der Waals surface area contributed by atoms with E-state index >= 15 is 0 Å². The van der Waals surface area contributed by atoms with E-state index in [-0.39, 0.29) is 11.5 Å². The first kappa shape index (κ1) is 9.32. The van der Waals surface area contributed by atoms with E-state index < -0.39 is 17.5 Å². The van der Waals surface area contributed by atoms with Gasteiger partial charge in [0.15, 0.2) is 17.3 Å². The lowest BCUT2D eigenvalue weighted by Gasteiger charge is -2.00. The van der Waals surface area contributed by atoms with E-state index in [0.29, 0.717) is 0 Å². The number of carbonyl (C=O) groups is 1. The monoisotopic (exact) mass is 208 g/mol. The van der Waals surface area contributed by atoms with Crippen molar-refractivity contribution >= 4 is 5.97 Å². The number of aromatic carboxylic acids is 1. The summed E-state index contributed by atoms with van der Waals surface area (Å²) in [5.74, 6) is -2.28. The summed E-state index contributed by atoms with van der Waals surface area (Å²) in [6.07, 6.45) is 2.32. The summed E-state index contributed by atoms with van der Waals surface area (Å²) < 4.78 is 18.4. The van der Waals surface area contributed by atoms with Crippen molar-refractivity contribution in [1.82, 2.24) is 9.97 Å². The minimum absolute atomic E-state index is 0.160.